The van der Waals surface area contributed by atoms with Crippen LogP contribution in [0.5, 0.6) is 0 Å². The number of hydrogen-bond donors (Lipinski definition) is 1. The molecule has 1 heterocycles. The summed E-state index contributed by atoms with van der Waals surface area (Å²) >= 11 is 0. The van der Waals surface area contributed by atoms with Gasteiger partial charge in [0.1, 0.15) is 0 Å². The average Bonchev–Trinajstić information content (AvgIpc) is 2.69. The quantitative estimate of drug-likeness (QED) is 0.788. The van der Waals surface area contributed by atoms with Crippen LogP contribution in [-0.2, 0) is 12.8 Å². The Balaban J connectivity index is 0.000000207. The Kier molecular flexibility index (Phi) is 4.33. The number of benzene rings is 2. The van der Waals surface area contributed by atoms with Gasteiger partial charge in [-0.2, -0.15) is 0 Å². The lowest BCUT2D eigenvalue weighted by Gasteiger charge is -2.16. The monoisotopic (exact) mass is 313 g/mol. The van der Waals surface area contributed by atoms with Crippen molar-refractivity contribution in [2.75, 3.05) is 6.54 Å². The molecule has 2 aliphatic carbocycles. The van der Waals surface area contributed by atoms with E-state index in [9.17, 15) is 0 Å². The van der Waals surface area contributed by atoms with Gasteiger partial charge in [0, 0.05) is 6.54 Å². The molecule has 0 bridgehead atoms. The van der Waals surface area contributed by atoms with Gasteiger partial charge in [-0.15, -0.1) is 0 Å². The van der Waals surface area contributed by atoms with Crippen LogP contribution in [0.2, 0.25) is 0 Å². The second-order valence-corrected chi connectivity index (χ2v) is 6.45. The van der Waals surface area contributed by atoms with Gasteiger partial charge >= 0.3 is 0 Å². The first-order chi connectivity index (χ1) is 11.9. The fourth-order valence-electron chi connectivity index (χ4n) is 3.76. The van der Waals surface area contributed by atoms with Crippen LogP contribution in [0.1, 0.15) is 24.0 Å². The minimum Gasteiger partial charge on any atom is -0.387 e. The van der Waals surface area contributed by atoms with Gasteiger partial charge in [-0.1, -0.05) is 60.7 Å². The summed E-state index contributed by atoms with van der Waals surface area (Å²) in [4.78, 5) is 0. The first kappa shape index (κ1) is 15.0. The maximum Gasteiger partial charge on any atom is 0.0328 e. The molecule has 1 nitrogen and oxygen atoms in total. The number of allylic oxidation sites excluding steroid dienone is 2. The molecule has 0 fully saturated rings. The summed E-state index contributed by atoms with van der Waals surface area (Å²) in [5.41, 5.74) is 3.17. The van der Waals surface area contributed by atoms with Crippen LogP contribution in [0.4, 0.5) is 0 Å². The molecule has 2 aromatic carbocycles. The zero-order chi connectivity index (χ0) is 16.2. The topological polar surface area (TPSA) is 12.0 Å². The van der Waals surface area contributed by atoms with Gasteiger partial charge < -0.3 is 5.32 Å². The third-order valence-electron chi connectivity index (χ3n) is 4.94. The molecule has 0 unspecified atom stereocenters. The van der Waals surface area contributed by atoms with Crippen LogP contribution >= 0.6 is 0 Å². The standard InChI is InChI=1S/C18H16.C5H7N/c1-3-7-15-13(5-1)9-11-18-16-8-4-2-6-14(16)10-12-17(15)18;1-2-4-6-5-3-1/h1,3,5-7,9-10,12H,2,4,8,11H2;1-4,6H,5H2. The Hall–Kier alpha value is -2.54. The van der Waals surface area contributed by atoms with Crippen LogP contribution in [0, 0.1) is 10.4 Å². The van der Waals surface area contributed by atoms with E-state index in [4.69, 9.17) is 0 Å². The molecule has 5 rings (SSSR count). The van der Waals surface area contributed by atoms with E-state index in [0.29, 0.717) is 0 Å². The maximum atomic E-state index is 3.02. The van der Waals surface area contributed by atoms with Crippen molar-refractivity contribution in [3.8, 4) is 0 Å². The summed E-state index contributed by atoms with van der Waals surface area (Å²) in [6.07, 6.45) is 17.7. The Bertz CT molecular complexity index is 997. The van der Waals surface area contributed by atoms with Crippen molar-refractivity contribution < 1.29 is 0 Å². The lowest BCUT2D eigenvalue weighted by atomic mass is 9.89. The van der Waals surface area contributed by atoms with Crippen LogP contribution in [-0.4, -0.2) is 6.54 Å². The summed E-state index contributed by atoms with van der Waals surface area (Å²) < 4.78 is 0. The van der Waals surface area contributed by atoms with Gasteiger partial charge in [0.05, 0.1) is 0 Å². The molecular formula is C23H23N. The highest BCUT2D eigenvalue weighted by molar-refractivity contribution is 5.47. The highest BCUT2D eigenvalue weighted by Gasteiger charge is 2.10. The average molecular weight is 313 g/mol. The van der Waals surface area contributed by atoms with E-state index in [2.05, 4.69) is 59.9 Å². The summed E-state index contributed by atoms with van der Waals surface area (Å²) in [5, 5.41) is 8.76. The largest absolute Gasteiger partial charge is 0.387 e. The molecule has 0 amide bonds. The van der Waals surface area contributed by atoms with Crippen molar-refractivity contribution in [3.05, 3.63) is 92.8 Å². The molecule has 1 aliphatic heterocycles. The second-order valence-electron chi connectivity index (χ2n) is 6.45. The van der Waals surface area contributed by atoms with Crippen molar-refractivity contribution >= 4 is 12.2 Å². The van der Waals surface area contributed by atoms with Crippen LogP contribution in [0.3, 0.4) is 0 Å². The predicted octanol–water partition coefficient (Wildman–Crippen LogP) is 3.09. The first-order valence-electron chi connectivity index (χ1n) is 8.89. The van der Waals surface area contributed by atoms with Gasteiger partial charge in [0.15, 0.2) is 0 Å². The van der Waals surface area contributed by atoms with Crippen molar-refractivity contribution in [1.29, 1.82) is 0 Å². The number of rotatable bonds is 0. The SMILES string of the molecule is C1=CCNC=C1.C1=c2ccc3c(c2CCC1)CC=c1ccccc1=3. The molecule has 0 aromatic heterocycles. The van der Waals surface area contributed by atoms with Crippen LogP contribution < -0.4 is 15.8 Å². The van der Waals surface area contributed by atoms with Gasteiger partial charge in [0.25, 0.3) is 0 Å². The lowest BCUT2D eigenvalue weighted by Crippen LogP contribution is -2.19. The predicted molar refractivity (Wildman–Crippen MR) is 102 cm³/mol. The molecule has 120 valence electrons. The second kappa shape index (κ2) is 6.92. The molecule has 1 heteroatoms. The first-order valence-corrected chi connectivity index (χ1v) is 8.89. The molecular weight excluding hydrogens is 290 g/mol. The molecule has 0 atom stereocenters. The van der Waals surface area contributed by atoms with E-state index in [1.54, 1.807) is 11.1 Å². The Morgan fingerprint density at radius 2 is 1.75 bits per heavy atom. The molecule has 24 heavy (non-hydrogen) atoms. The van der Waals surface area contributed by atoms with E-state index in [-0.39, 0.29) is 0 Å². The van der Waals surface area contributed by atoms with Crippen molar-refractivity contribution in [1.82, 2.24) is 5.32 Å². The highest BCUT2D eigenvalue weighted by atomic mass is 14.8. The van der Waals surface area contributed by atoms with Crippen LogP contribution in [0.15, 0.2) is 60.8 Å². The molecule has 0 saturated carbocycles. The van der Waals surface area contributed by atoms with Gasteiger partial charge in [-0.05, 0) is 70.0 Å². The van der Waals surface area contributed by atoms with Crippen molar-refractivity contribution in [3.63, 3.8) is 0 Å². The normalized spacial score (nSPS) is 16.2. The van der Waals surface area contributed by atoms with Crippen molar-refractivity contribution in [2.24, 2.45) is 0 Å². The fraction of sp³-hybridized carbons (Fsp3) is 0.217. The maximum absolute atomic E-state index is 3.02. The zero-order valence-electron chi connectivity index (χ0n) is 14.0. The zero-order valence-corrected chi connectivity index (χ0v) is 14.0. The Morgan fingerprint density at radius 3 is 2.54 bits per heavy atom. The third-order valence-corrected chi connectivity index (χ3v) is 4.94. The number of fused-ring (bicyclic) bond motifs is 4. The van der Waals surface area contributed by atoms with Gasteiger partial charge in [-0.25, -0.2) is 0 Å². The summed E-state index contributed by atoms with van der Waals surface area (Å²) in [6, 6.07) is 13.4. The molecule has 0 spiro atoms. The highest BCUT2D eigenvalue weighted by Crippen LogP contribution is 2.17. The Labute approximate surface area is 143 Å². The summed E-state index contributed by atoms with van der Waals surface area (Å²) in [7, 11) is 0. The molecule has 1 N–H and O–H groups in total. The van der Waals surface area contributed by atoms with E-state index in [1.807, 2.05) is 18.4 Å². The fourth-order valence-corrected chi connectivity index (χ4v) is 3.76. The third kappa shape index (κ3) is 2.94. The molecule has 0 radical (unpaired) electrons. The smallest absolute Gasteiger partial charge is 0.0328 e. The van der Waals surface area contributed by atoms with Gasteiger partial charge in [-0.3, -0.25) is 0 Å². The molecule has 2 aromatic rings. The summed E-state index contributed by atoms with van der Waals surface area (Å²) in [5.74, 6) is 0. The number of dihydropyridines is 1. The number of hydrogen-bond acceptors (Lipinski definition) is 1. The van der Waals surface area contributed by atoms with E-state index >= 15 is 0 Å². The molecule has 0 saturated heterocycles. The van der Waals surface area contributed by atoms with Gasteiger partial charge in [0.2, 0.25) is 0 Å². The minimum atomic E-state index is 0.983. The Morgan fingerprint density at radius 1 is 0.792 bits per heavy atom. The van der Waals surface area contributed by atoms with Crippen molar-refractivity contribution in [2.45, 2.75) is 25.7 Å². The van der Waals surface area contributed by atoms with E-state index in [1.165, 1.54) is 40.1 Å². The summed E-state index contributed by atoms with van der Waals surface area (Å²) in [6.45, 7) is 0.983. The van der Waals surface area contributed by atoms with E-state index in [0.717, 1.165) is 13.0 Å². The van der Waals surface area contributed by atoms with Crippen LogP contribution in [0.25, 0.3) is 12.2 Å². The van der Waals surface area contributed by atoms with E-state index < -0.39 is 0 Å². The molecule has 3 aliphatic rings. The minimum absolute atomic E-state index is 0.983. The number of nitrogens with one attached hydrogen (secondary N) is 1. The lowest BCUT2D eigenvalue weighted by molar-refractivity contribution is 0.824.